The van der Waals surface area contributed by atoms with Crippen LogP contribution in [0.5, 0.6) is 0 Å². The third-order valence-electron chi connectivity index (χ3n) is 24.8. The molecular weight excluding hydrogens is 817 g/mol. The fourth-order valence-electron chi connectivity index (χ4n) is 20.3. The van der Waals surface area contributed by atoms with Gasteiger partial charge < -0.3 is 0 Å². The van der Waals surface area contributed by atoms with Crippen LogP contribution in [0.1, 0.15) is 334 Å². The molecule has 0 nitrogen and oxygen atoms in total. The Morgan fingerprint density at radius 1 is 0.206 bits per heavy atom. The summed E-state index contributed by atoms with van der Waals surface area (Å²) >= 11 is 0. The summed E-state index contributed by atoms with van der Waals surface area (Å²) in [5, 5.41) is 0. The molecule has 0 aromatic carbocycles. The Balaban J connectivity index is 0.0000000974. The van der Waals surface area contributed by atoms with Crippen molar-refractivity contribution in [2.45, 2.75) is 334 Å². The molecule has 0 saturated heterocycles. The average Bonchev–Trinajstić information content (AvgIpc) is 4.30. The van der Waals surface area contributed by atoms with E-state index in [1.165, 1.54) is 87.9 Å². The van der Waals surface area contributed by atoms with E-state index in [1.807, 2.05) is 0 Å². The predicted octanol–water partition coefficient (Wildman–Crippen LogP) is 22.3. The summed E-state index contributed by atoms with van der Waals surface area (Å²) in [6, 6.07) is 0. The molecule has 0 radical (unpaired) electrons. The third-order valence-corrected chi connectivity index (χ3v) is 24.8. The van der Waals surface area contributed by atoms with Crippen LogP contribution in [0.15, 0.2) is 0 Å². The molecule has 392 valence electrons. The molecule has 14 bridgehead atoms. The monoisotopic (exact) mass is 937 g/mol. The fourth-order valence-corrected chi connectivity index (χ4v) is 20.3. The topological polar surface area (TPSA) is 0 Å². The molecule has 6 atom stereocenters. The van der Waals surface area contributed by atoms with E-state index >= 15 is 0 Å². The van der Waals surface area contributed by atoms with E-state index < -0.39 is 0 Å². The molecule has 0 heteroatoms. The van der Waals surface area contributed by atoms with Gasteiger partial charge in [-0.1, -0.05) is 277 Å². The van der Waals surface area contributed by atoms with Crippen LogP contribution in [0.4, 0.5) is 0 Å². The minimum atomic E-state index is 0.832. The predicted molar refractivity (Wildman–Crippen MR) is 296 cm³/mol. The van der Waals surface area contributed by atoms with Crippen LogP contribution >= 0.6 is 0 Å². The van der Waals surface area contributed by atoms with Crippen LogP contribution in [0.2, 0.25) is 0 Å². The van der Waals surface area contributed by atoms with Crippen LogP contribution < -0.4 is 0 Å². The van der Waals surface area contributed by atoms with Gasteiger partial charge in [-0.05, 0) is 152 Å². The minimum Gasteiger partial charge on any atom is -0.0648 e. The van der Waals surface area contributed by atoms with Crippen molar-refractivity contribution in [2.75, 3.05) is 0 Å². The molecule has 0 heterocycles. The fraction of sp³-hybridized carbons (Fsp3) is 1.00. The first-order valence-corrected chi connectivity index (χ1v) is 33.5. The zero-order valence-electron chi connectivity index (χ0n) is 46.2. The molecule has 0 amide bonds. The van der Waals surface area contributed by atoms with Crippen molar-refractivity contribution in [3.05, 3.63) is 0 Å². The first-order chi connectivity index (χ1) is 33.5. The Kier molecular flexibility index (Phi) is 21.8. The van der Waals surface area contributed by atoms with Gasteiger partial charge in [-0.15, -0.1) is 0 Å². The van der Waals surface area contributed by atoms with Crippen molar-refractivity contribution in [2.24, 2.45) is 94.2 Å². The van der Waals surface area contributed by atoms with Gasteiger partial charge in [0, 0.05) is 0 Å². The van der Waals surface area contributed by atoms with E-state index in [1.54, 1.807) is 263 Å². The summed E-state index contributed by atoms with van der Waals surface area (Å²) in [5.41, 5.74) is 0.832. The lowest BCUT2D eigenvalue weighted by molar-refractivity contribution is 0.123. The second kappa shape index (κ2) is 28.1. The van der Waals surface area contributed by atoms with Gasteiger partial charge in [-0.3, -0.25) is 0 Å². The van der Waals surface area contributed by atoms with Crippen molar-refractivity contribution < 1.29 is 0 Å². The lowest BCUT2D eigenvalue weighted by Gasteiger charge is -2.38. The first-order valence-electron chi connectivity index (χ1n) is 33.5. The lowest BCUT2D eigenvalue weighted by atomic mass is 9.67. The SMILES string of the molecule is C1CC2CCC(C1)C2.C1CC2CCC(C1)C2.C1CC2CCC1C2.C1CC2CCC1C2.C1CC2CCC1CC2.C1CC2CCCC(C1)C2.C1CC2CCCC(C1)CC2.CCC12CCCCC1CCC2. The Hall–Kier alpha value is 0. The Morgan fingerprint density at radius 2 is 0.412 bits per heavy atom. The molecule has 0 aromatic heterocycles. The second-order valence-corrected chi connectivity index (χ2v) is 29.2. The molecule has 0 aromatic rings. The molecule has 68 heavy (non-hydrogen) atoms. The van der Waals surface area contributed by atoms with Crippen LogP contribution in [-0.4, -0.2) is 0 Å². The molecule has 0 spiro atoms. The third kappa shape index (κ3) is 16.5. The summed E-state index contributed by atoms with van der Waals surface area (Å²) in [6.07, 6.45) is 79.2. The van der Waals surface area contributed by atoms with E-state index in [0.717, 1.165) is 70.5 Å². The Labute approximate surface area is 426 Å². The van der Waals surface area contributed by atoms with Crippen molar-refractivity contribution in [3.8, 4) is 0 Å². The highest BCUT2D eigenvalue weighted by Gasteiger charge is 2.42. The highest BCUT2D eigenvalue weighted by atomic mass is 14.5. The maximum atomic E-state index is 2.41. The molecule has 17 aliphatic carbocycles. The average molecular weight is 938 g/mol. The van der Waals surface area contributed by atoms with E-state index in [-0.39, 0.29) is 0 Å². The normalized spacial score (nSPS) is 44.5. The molecule has 17 fully saturated rings. The highest BCUT2D eigenvalue weighted by Crippen LogP contribution is 2.54. The maximum absolute atomic E-state index is 2.41. The van der Waals surface area contributed by atoms with Crippen LogP contribution in [-0.2, 0) is 0 Å². The van der Waals surface area contributed by atoms with Gasteiger partial charge in [0.15, 0.2) is 0 Å². The minimum absolute atomic E-state index is 0.832. The van der Waals surface area contributed by atoms with Gasteiger partial charge in [-0.2, -0.15) is 0 Å². The molecule has 17 rings (SSSR count). The van der Waals surface area contributed by atoms with E-state index in [9.17, 15) is 0 Å². The molecular formula is C68H120. The van der Waals surface area contributed by atoms with E-state index in [4.69, 9.17) is 0 Å². The van der Waals surface area contributed by atoms with Gasteiger partial charge in [0.2, 0.25) is 0 Å². The molecule has 6 unspecified atom stereocenters. The molecule has 0 N–H and O–H groups in total. The van der Waals surface area contributed by atoms with Crippen LogP contribution in [0.3, 0.4) is 0 Å². The zero-order chi connectivity index (χ0) is 46.2. The summed E-state index contributed by atoms with van der Waals surface area (Å²) < 4.78 is 0. The standard InChI is InChI=1S/C11H20.C10H18.C9H16.3C8H14.2C7H12/c1-2-11-8-4-3-6-10(11)7-5-9-11;1-3-9-5-2-6-10(4-1)8-7-9;1-3-8-5-2-6-9(4-1)7-8;1-2-8-5-3-7(1)4-6-8;2*1-2-7-4-5-8(3-1)6-7;2*1-2-7-4-3-6(1)5-7/h10H,2-9H2,1H3;9-10H,1-8H2;8-9H,1-7H2;3*7-8H,1-6H2;2*6-7H,1-5H2. The quantitative estimate of drug-likeness (QED) is 0.246. The van der Waals surface area contributed by atoms with Crippen molar-refractivity contribution in [1.82, 2.24) is 0 Å². The Bertz CT molecular complexity index is 1160. The largest absolute Gasteiger partial charge is 0.0648 e. The second-order valence-electron chi connectivity index (χ2n) is 29.2. The highest BCUT2D eigenvalue weighted by molar-refractivity contribution is 4.93. The van der Waals surface area contributed by atoms with Gasteiger partial charge in [0.05, 0.1) is 0 Å². The number of rotatable bonds is 1. The molecule has 0 aliphatic heterocycles. The number of hydrogen-bond acceptors (Lipinski definition) is 0. The van der Waals surface area contributed by atoms with Gasteiger partial charge in [0.1, 0.15) is 0 Å². The van der Waals surface area contributed by atoms with E-state index in [0.29, 0.717) is 0 Å². The van der Waals surface area contributed by atoms with E-state index in [2.05, 4.69) is 6.92 Å². The molecule has 17 aliphatic rings. The smallest absolute Gasteiger partial charge is 0.0272 e. The zero-order valence-corrected chi connectivity index (χ0v) is 46.2. The van der Waals surface area contributed by atoms with Crippen molar-refractivity contribution in [3.63, 3.8) is 0 Å². The van der Waals surface area contributed by atoms with Crippen LogP contribution in [0, 0.1) is 94.2 Å². The lowest BCUT2D eigenvalue weighted by Crippen LogP contribution is -2.28. The summed E-state index contributed by atoms with van der Waals surface area (Å²) in [5.74, 6) is 17.3. The number of hydrogen-bond donors (Lipinski definition) is 0. The summed E-state index contributed by atoms with van der Waals surface area (Å²) in [6.45, 7) is 2.41. The van der Waals surface area contributed by atoms with Gasteiger partial charge in [-0.25, -0.2) is 0 Å². The first kappa shape index (κ1) is 52.8. The van der Waals surface area contributed by atoms with Crippen LogP contribution in [0.25, 0.3) is 0 Å². The molecule has 17 saturated carbocycles. The van der Waals surface area contributed by atoms with Crippen molar-refractivity contribution in [1.29, 1.82) is 0 Å². The van der Waals surface area contributed by atoms with Crippen molar-refractivity contribution >= 4 is 0 Å². The maximum Gasteiger partial charge on any atom is -0.0272 e. The summed E-state index contributed by atoms with van der Waals surface area (Å²) in [7, 11) is 0. The Morgan fingerprint density at radius 3 is 0.662 bits per heavy atom. The summed E-state index contributed by atoms with van der Waals surface area (Å²) in [4.78, 5) is 0. The van der Waals surface area contributed by atoms with Gasteiger partial charge >= 0.3 is 0 Å². The number of fused-ring (bicyclic) bond motifs is 17. The van der Waals surface area contributed by atoms with Gasteiger partial charge in [0.25, 0.3) is 0 Å².